The van der Waals surface area contributed by atoms with Crippen molar-refractivity contribution < 1.29 is 19.0 Å². The van der Waals surface area contributed by atoms with E-state index < -0.39 is 6.10 Å². The van der Waals surface area contributed by atoms with Gasteiger partial charge in [0.25, 0.3) is 0 Å². The van der Waals surface area contributed by atoms with Crippen molar-refractivity contribution in [1.82, 2.24) is 0 Å². The molecule has 0 saturated heterocycles. The highest BCUT2D eigenvalue weighted by molar-refractivity contribution is 9.10. The van der Waals surface area contributed by atoms with E-state index in [0.717, 1.165) is 0 Å². The molecule has 0 saturated carbocycles. The second-order valence-corrected chi connectivity index (χ2v) is 4.79. The van der Waals surface area contributed by atoms with Crippen LogP contribution >= 0.6 is 15.9 Å². The molecule has 1 atom stereocenters. The zero-order valence-corrected chi connectivity index (χ0v) is 12.5. The van der Waals surface area contributed by atoms with Crippen LogP contribution in [-0.4, -0.2) is 44.2 Å². The SMILES string of the molecule is CCOCCOCC(O)CNc1ccc(Br)c(F)c1. The first-order valence-electron chi connectivity index (χ1n) is 6.16. The lowest BCUT2D eigenvalue weighted by Crippen LogP contribution is -2.25. The van der Waals surface area contributed by atoms with Gasteiger partial charge in [0, 0.05) is 18.8 Å². The molecule has 19 heavy (non-hydrogen) atoms. The van der Waals surface area contributed by atoms with Crippen molar-refractivity contribution in [3.8, 4) is 0 Å². The monoisotopic (exact) mass is 335 g/mol. The highest BCUT2D eigenvalue weighted by Crippen LogP contribution is 2.19. The Hall–Kier alpha value is -0.690. The normalized spacial score (nSPS) is 12.4. The van der Waals surface area contributed by atoms with Gasteiger partial charge in [-0.1, -0.05) is 0 Å². The van der Waals surface area contributed by atoms with Crippen molar-refractivity contribution in [2.75, 3.05) is 38.3 Å². The molecule has 1 rings (SSSR count). The van der Waals surface area contributed by atoms with Crippen LogP contribution in [0.1, 0.15) is 6.92 Å². The molecule has 0 spiro atoms. The van der Waals surface area contributed by atoms with E-state index in [4.69, 9.17) is 9.47 Å². The van der Waals surface area contributed by atoms with Crippen molar-refractivity contribution in [3.63, 3.8) is 0 Å². The molecule has 0 aliphatic heterocycles. The number of aliphatic hydroxyl groups excluding tert-OH is 1. The second-order valence-electron chi connectivity index (χ2n) is 3.94. The Morgan fingerprint density at radius 1 is 1.37 bits per heavy atom. The summed E-state index contributed by atoms with van der Waals surface area (Å²) >= 11 is 3.08. The summed E-state index contributed by atoms with van der Waals surface area (Å²) in [5.74, 6) is -0.340. The molecular formula is C13H19BrFNO3. The molecule has 0 bridgehead atoms. The van der Waals surface area contributed by atoms with Gasteiger partial charge in [-0.05, 0) is 41.1 Å². The molecule has 0 radical (unpaired) electrons. The van der Waals surface area contributed by atoms with E-state index in [1.54, 1.807) is 12.1 Å². The topological polar surface area (TPSA) is 50.7 Å². The lowest BCUT2D eigenvalue weighted by atomic mass is 10.3. The molecule has 0 heterocycles. The summed E-state index contributed by atoms with van der Waals surface area (Å²) < 4.78 is 24.0. The molecule has 108 valence electrons. The Morgan fingerprint density at radius 2 is 2.11 bits per heavy atom. The maximum atomic E-state index is 13.2. The largest absolute Gasteiger partial charge is 0.389 e. The fourth-order valence-corrected chi connectivity index (χ4v) is 1.63. The first kappa shape index (κ1) is 16.4. The molecule has 1 aromatic rings. The van der Waals surface area contributed by atoms with Crippen molar-refractivity contribution in [3.05, 3.63) is 28.5 Å². The molecule has 6 heteroatoms. The molecule has 2 N–H and O–H groups in total. The Kier molecular flexibility index (Phi) is 7.97. The predicted molar refractivity (Wildman–Crippen MR) is 75.9 cm³/mol. The summed E-state index contributed by atoms with van der Waals surface area (Å²) in [6.45, 7) is 4.07. The number of anilines is 1. The van der Waals surface area contributed by atoms with Gasteiger partial charge in [0.1, 0.15) is 5.82 Å². The van der Waals surface area contributed by atoms with Crippen molar-refractivity contribution >= 4 is 21.6 Å². The quantitative estimate of drug-likeness (QED) is 0.680. The van der Waals surface area contributed by atoms with Crippen LogP contribution in [0.15, 0.2) is 22.7 Å². The third kappa shape index (κ3) is 6.87. The van der Waals surface area contributed by atoms with E-state index in [0.29, 0.717) is 36.5 Å². The Balaban J connectivity index is 2.18. The van der Waals surface area contributed by atoms with Gasteiger partial charge in [-0.3, -0.25) is 0 Å². The fraction of sp³-hybridized carbons (Fsp3) is 0.538. The molecule has 4 nitrogen and oxygen atoms in total. The summed E-state index contributed by atoms with van der Waals surface area (Å²) in [6.07, 6.45) is -0.645. The van der Waals surface area contributed by atoms with E-state index in [1.165, 1.54) is 6.07 Å². The van der Waals surface area contributed by atoms with E-state index in [2.05, 4.69) is 21.2 Å². The molecule has 0 aliphatic rings. The fourth-order valence-electron chi connectivity index (χ4n) is 1.38. The molecule has 0 amide bonds. The predicted octanol–water partition coefficient (Wildman–Crippen LogP) is 2.41. The molecular weight excluding hydrogens is 317 g/mol. The average Bonchev–Trinajstić information content (AvgIpc) is 2.40. The van der Waals surface area contributed by atoms with Crippen LogP contribution in [0.5, 0.6) is 0 Å². The minimum Gasteiger partial charge on any atom is -0.389 e. The third-order valence-electron chi connectivity index (χ3n) is 2.35. The number of halogens is 2. The zero-order chi connectivity index (χ0) is 14.1. The minimum atomic E-state index is -0.645. The maximum Gasteiger partial charge on any atom is 0.139 e. The smallest absolute Gasteiger partial charge is 0.139 e. The minimum absolute atomic E-state index is 0.221. The van der Waals surface area contributed by atoms with E-state index in [1.807, 2.05) is 6.92 Å². The molecule has 1 unspecified atom stereocenters. The lowest BCUT2D eigenvalue weighted by Gasteiger charge is -2.13. The van der Waals surface area contributed by atoms with Gasteiger partial charge in [0.05, 0.1) is 30.4 Å². The summed E-state index contributed by atoms with van der Waals surface area (Å²) in [5.41, 5.74) is 0.620. The highest BCUT2D eigenvalue weighted by Gasteiger charge is 2.05. The second kappa shape index (κ2) is 9.25. The summed E-state index contributed by atoms with van der Waals surface area (Å²) in [5, 5.41) is 12.6. The van der Waals surface area contributed by atoms with E-state index >= 15 is 0 Å². The van der Waals surface area contributed by atoms with Crippen LogP contribution in [0, 0.1) is 5.82 Å². The molecule has 0 aromatic heterocycles. The van der Waals surface area contributed by atoms with Crippen LogP contribution in [0.25, 0.3) is 0 Å². The van der Waals surface area contributed by atoms with Gasteiger partial charge < -0.3 is 19.9 Å². The highest BCUT2D eigenvalue weighted by atomic mass is 79.9. The van der Waals surface area contributed by atoms with Crippen LogP contribution in [0.3, 0.4) is 0 Å². The molecule has 0 fully saturated rings. The number of aliphatic hydroxyl groups is 1. The van der Waals surface area contributed by atoms with Crippen LogP contribution in [-0.2, 0) is 9.47 Å². The van der Waals surface area contributed by atoms with Crippen molar-refractivity contribution in [2.45, 2.75) is 13.0 Å². The van der Waals surface area contributed by atoms with Crippen LogP contribution in [0.2, 0.25) is 0 Å². The number of rotatable bonds is 9. The van der Waals surface area contributed by atoms with E-state index in [-0.39, 0.29) is 12.4 Å². The standard InChI is InChI=1S/C13H19BrFNO3/c1-2-18-5-6-19-9-11(17)8-16-10-3-4-12(14)13(15)7-10/h3-4,7,11,16-17H,2,5-6,8-9H2,1H3. The summed E-state index contributed by atoms with van der Waals surface area (Å²) in [6, 6.07) is 4.71. The number of benzene rings is 1. The first-order chi connectivity index (χ1) is 9.13. The zero-order valence-electron chi connectivity index (χ0n) is 10.9. The average molecular weight is 336 g/mol. The van der Waals surface area contributed by atoms with Crippen LogP contribution in [0.4, 0.5) is 10.1 Å². The van der Waals surface area contributed by atoms with Gasteiger partial charge in [-0.2, -0.15) is 0 Å². The Labute approximate surface area is 121 Å². The summed E-state index contributed by atoms with van der Waals surface area (Å²) in [4.78, 5) is 0. The van der Waals surface area contributed by atoms with Gasteiger partial charge in [-0.15, -0.1) is 0 Å². The molecule has 0 aliphatic carbocycles. The van der Waals surface area contributed by atoms with Gasteiger partial charge >= 0.3 is 0 Å². The third-order valence-corrected chi connectivity index (χ3v) is 2.99. The summed E-state index contributed by atoms with van der Waals surface area (Å²) in [7, 11) is 0. The number of hydrogen-bond donors (Lipinski definition) is 2. The van der Waals surface area contributed by atoms with Gasteiger partial charge in [-0.25, -0.2) is 4.39 Å². The Morgan fingerprint density at radius 3 is 2.79 bits per heavy atom. The Bertz CT molecular complexity index is 379. The van der Waals surface area contributed by atoms with Gasteiger partial charge in [0.15, 0.2) is 0 Å². The number of hydrogen-bond acceptors (Lipinski definition) is 4. The first-order valence-corrected chi connectivity index (χ1v) is 6.95. The number of nitrogens with one attached hydrogen (secondary N) is 1. The van der Waals surface area contributed by atoms with Gasteiger partial charge in [0.2, 0.25) is 0 Å². The van der Waals surface area contributed by atoms with E-state index in [9.17, 15) is 9.50 Å². The lowest BCUT2D eigenvalue weighted by molar-refractivity contribution is 0.0103. The van der Waals surface area contributed by atoms with Crippen LogP contribution < -0.4 is 5.32 Å². The van der Waals surface area contributed by atoms with Crippen molar-refractivity contribution in [2.24, 2.45) is 0 Å². The number of ether oxygens (including phenoxy) is 2. The molecule has 1 aromatic carbocycles. The maximum absolute atomic E-state index is 13.2. The van der Waals surface area contributed by atoms with Crippen molar-refractivity contribution in [1.29, 1.82) is 0 Å².